The Morgan fingerprint density at radius 1 is 1.50 bits per heavy atom. The highest BCUT2D eigenvalue weighted by Gasteiger charge is 2.27. The number of aromatic nitrogens is 1. The molecule has 1 aromatic heterocycles. The number of nitrogens with two attached hydrogens (primary N) is 1. The summed E-state index contributed by atoms with van der Waals surface area (Å²) in [7, 11) is 0. The van der Waals surface area contributed by atoms with Crippen LogP contribution in [0.2, 0.25) is 0 Å². The van der Waals surface area contributed by atoms with Gasteiger partial charge in [-0.3, -0.25) is 14.3 Å². The lowest BCUT2D eigenvalue weighted by Gasteiger charge is -2.15. The number of amides is 1. The molecule has 0 bridgehead atoms. The number of primary amides is 1. The third-order valence-electron chi connectivity index (χ3n) is 3.65. The molecule has 106 valence electrons. The van der Waals surface area contributed by atoms with Crippen LogP contribution in [0.25, 0.3) is 11.1 Å². The van der Waals surface area contributed by atoms with Crippen molar-refractivity contribution in [3.63, 3.8) is 0 Å². The maximum atomic E-state index is 11.9. The topological polar surface area (TPSA) is 81.5 Å². The number of nitrogens with zero attached hydrogens (tertiary/aromatic N) is 2. The van der Waals surface area contributed by atoms with Crippen molar-refractivity contribution in [1.82, 2.24) is 9.47 Å². The molecule has 20 heavy (non-hydrogen) atoms. The third-order valence-corrected chi connectivity index (χ3v) is 4.14. The third kappa shape index (κ3) is 2.38. The summed E-state index contributed by atoms with van der Waals surface area (Å²) in [5, 5.41) is 0. The van der Waals surface area contributed by atoms with E-state index in [1.165, 1.54) is 0 Å². The Morgan fingerprint density at radius 3 is 3.00 bits per heavy atom. The van der Waals surface area contributed by atoms with Gasteiger partial charge in [0.25, 0.3) is 0 Å². The molecular formula is C13H14BrN3O3. The van der Waals surface area contributed by atoms with Crippen LogP contribution in [-0.4, -0.2) is 28.5 Å². The van der Waals surface area contributed by atoms with E-state index in [0.717, 1.165) is 23.0 Å². The molecule has 1 saturated heterocycles. The van der Waals surface area contributed by atoms with Gasteiger partial charge < -0.3 is 10.2 Å². The van der Waals surface area contributed by atoms with Gasteiger partial charge >= 0.3 is 5.76 Å². The number of fused-ring (bicyclic) bond motifs is 1. The van der Waals surface area contributed by atoms with Crippen LogP contribution in [0.1, 0.15) is 6.42 Å². The summed E-state index contributed by atoms with van der Waals surface area (Å²) in [5.74, 6) is -0.792. The molecule has 1 aliphatic heterocycles. The number of halogens is 1. The molecule has 6 nitrogen and oxygen atoms in total. The first-order valence-electron chi connectivity index (χ1n) is 6.35. The number of rotatable bonds is 3. The molecule has 3 rings (SSSR count). The molecule has 0 spiro atoms. The zero-order valence-electron chi connectivity index (χ0n) is 10.7. The van der Waals surface area contributed by atoms with E-state index in [4.69, 9.17) is 10.2 Å². The fourth-order valence-corrected chi connectivity index (χ4v) is 2.91. The molecule has 1 aromatic carbocycles. The highest BCUT2D eigenvalue weighted by atomic mass is 79.9. The van der Waals surface area contributed by atoms with Crippen LogP contribution < -0.4 is 11.5 Å². The monoisotopic (exact) mass is 339 g/mol. The van der Waals surface area contributed by atoms with Crippen LogP contribution in [0.3, 0.4) is 0 Å². The van der Waals surface area contributed by atoms with Crippen LogP contribution in [0, 0.1) is 5.92 Å². The first kappa shape index (κ1) is 13.4. The number of benzene rings is 1. The first-order chi connectivity index (χ1) is 9.54. The second kappa shape index (κ2) is 5.06. The number of carbonyl (C=O) groups excluding carboxylic acids is 1. The first-order valence-corrected chi connectivity index (χ1v) is 7.14. The van der Waals surface area contributed by atoms with Crippen LogP contribution in [0.4, 0.5) is 0 Å². The average Bonchev–Trinajstić information content (AvgIpc) is 2.96. The lowest BCUT2D eigenvalue weighted by Crippen LogP contribution is -2.31. The van der Waals surface area contributed by atoms with Crippen molar-refractivity contribution >= 4 is 32.9 Å². The molecule has 1 atom stereocenters. The van der Waals surface area contributed by atoms with E-state index in [1.807, 2.05) is 17.0 Å². The molecule has 0 aliphatic carbocycles. The maximum Gasteiger partial charge on any atom is 0.421 e. The molecule has 2 aromatic rings. The summed E-state index contributed by atoms with van der Waals surface area (Å²) in [4.78, 5) is 25.1. The van der Waals surface area contributed by atoms with Crippen molar-refractivity contribution in [2.75, 3.05) is 13.1 Å². The van der Waals surface area contributed by atoms with Crippen molar-refractivity contribution in [1.29, 1.82) is 0 Å². The van der Waals surface area contributed by atoms with Crippen molar-refractivity contribution in [3.8, 4) is 0 Å². The lowest BCUT2D eigenvalue weighted by molar-refractivity contribution is -0.121. The molecule has 0 radical (unpaired) electrons. The largest absolute Gasteiger partial charge is 0.421 e. The van der Waals surface area contributed by atoms with Gasteiger partial charge in [-0.2, -0.15) is 0 Å². The van der Waals surface area contributed by atoms with Crippen LogP contribution >= 0.6 is 15.9 Å². The van der Waals surface area contributed by atoms with Gasteiger partial charge in [0, 0.05) is 17.6 Å². The predicted octanol–water partition coefficient (Wildman–Crippen LogP) is 1.12. The van der Waals surface area contributed by atoms with E-state index < -0.39 is 0 Å². The fourth-order valence-electron chi connectivity index (χ4n) is 2.57. The molecule has 7 heteroatoms. The van der Waals surface area contributed by atoms with E-state index in [9.17, 15) is 9.59 Å². The maximum absolute atomic E-state index is 11.9. The van der Waals surface area contributed by atoms with Gasteiger partial charge in [0.2, 0.25) is 5.91 Å². The Hall–Kier alpha value is -1.60. The van der Waals surface area contributed by atoms with E-state index in [0.29, 0.717) is 18.8 Å². The Morgan fingerprint density at radius 2 is 2.30 bits per heavy atom. The minimum Gasteiger partial charge on any atom is -0.408 e. The number of carbonyl (C=O) groups is 1. The number of likely N-dealkylation sites (tertiary alicyclic amines) is 1. The second-order valence-electron chi connectivity index (χ2n) is 5.01. The van der Waals surface area contributed by atoms with Gasteiger partial charge in [-0.25, -0.2) is 4.79 Å². The number of hydrogen-bond donors (Lipinski definition) is 1. The van der Waals surface area contributed by atoms with Crippen LogP contribution in [0.5, 0.6) is 0 Å². The van der Waals surface area contributed by atoms with Gasteiger partial charge in [-0.1, -0.05) is 15.9 Å². The highest BCUT2D eigenvalue weighted by Crippen LogP contribution is 2.21. The molecule has 0 unspecified atom stereocenters. The minimum atomic E-state index is -0.388. The zero-order valence-corrected chi connectivity index (χ0v) is 12.3. The van der Waals surface area contributed by atoms with E-state index >= 15 is 0 Å². The van der Waals surface area contributed by atoms with Gasteiger partial charge in [-0.15, -0.1) is 0 Å². The van der Waals surface area contributed by atoms with Gasteiger partial charge in [-0.05, 0) is 24.6 Å². The molecular weight excluding hydrogens is 326 g/mol. The Balaban J connectivity index is 1.87. The summed E-state index contributed by atoms with van der Waals surface area (Å²) in [5.41, 5.74) is 6.61. The molecule has 2 N–H and O–H groups in total. The van der Waals surface area contributed by atoms with E-state index in [1.54, 1.807) is 10.6 Å². The second-order valence-corrected chi connectivity index (χ2v) is 5.93. The molecule has 1 amide bonds. The van der Waals surface area contributed by atoms with Crippen molar-refractivity contribution < 1.29 is 9.21 Å². The summed E-state index contributed by atoms with van der Waals surface area (Å²) < 4.78 is 7.66. The Bertz CT molecular complexity index is 721. The quantitative estimate of drug-likeness (QED) is 0.908. The highest BCUT2D eigenvalue weighted by molar-refractivity contribution is 9.10. The van der Waals surface area contributed by atoms with Crippen molar-refractivity contribution in [2.24, 2.45) is 11.7 Å². The Kier molecular flexibility index (Phi) is 3.39. The Labute approximate surface area is 123 Å². The number of hydrogen-bond acceptors (Lipinski definition) is 4. The molecule has 0 saturated carbocycles. The predicted molar refractivity (Wildman–Crippen MR) is 77.0 cm³/mol. The summed E-state index contributed by atoms with van der Waals surface area (Å²) in [6, 6.07) is 5.47. The van der Waals surface area contributed by atoms with Crippen molar-refractivity contribution in [2.45, 2.75) is 13.1 Å². The number of oxazole rings is 1. The average molecular weight is 340 g/mol. The van der Waals surface area contributed by atoms with Crippen LogP contribution in [0.15, 0.2) is 31.9 Å². The summed E-state index contributed by atoms with van der Waals surface area (Å²) in [6.07, 6.45) is 0.741. The smallest absolute Gasteiger partial charge is 0.408 e. The van der Waals surface area contributed by atoms with Gasteiger partial charge in [0.05, 0.1) is 18.1 Å². The molecule has 2 heterocycles. The fraction of sp³-hybridized carbons (Fsp3) is 0.385. The normalized spacial score (nSPS) is 19.8. The lowest BCUT2D eigenvalue weighted by atomic mass is 10.1. The van der Waals surface area contributed by atoms with Crippen LogP contribution in [-0.2, 0) is 11.5 Å². The summed E-state index contributed by atoms with van der Waals surface area (Å²) >= 11 is 3.35. The summed E-state index contributed by atoms with van der Waals surface area (Å²) in [6.45, 7) is 1.76. The van der Waals surface area contributed by atoms with E-state index in [-0.39, 0.29) is 17.6 Å². The van der Waals surface area contributed by atoms with Gasteiger partial charge in [0.15, 0.2) is 5.58 Å². The SMILES string of the molecule is NC(=O)[C@@H]1CCN(Cn2c(=O)oc3cc(Br)ccc32)C1. The standard InChI is InChI=1S/C13H14BrN3O3/c14-9-1-2-10-11(5-9)20-13(19)17(10)7-16-4-3-8(6-16)12(15)18/h1-2,5,8H,3-4,6-7H2,(H2,15,18)/t8-/m1/s1. The minimum absolute atomic E-state index is 0.127. The molecule has 1 aliphatic rings. The zero-order chi connectivity index (χ0) is 14.3. The van der Waals surface area contributed by atoms with Gasteiger partial charge in [0.1, 0.15) is 0 Å². The van der Waals surface area contributed by atoms with Crippen molar-refractivity contribution in [3.05, 3.63) is 33.2 Å². The van der Waals surface area contributed by atoms with E-state index in [2.05, 4.69) is 15.9 Å². The molecule has 1 fully saturated rings.